The van der Waals surface area contributed by atoms with Gasteiger partial charge >= 0.3 is 0 Å². The van der Waals surface area contributed by atoms with Crippen LogP contribution in [0.1, 0.15) is 15.2 Å². The lowest BCUT2D eigenvalue weighted by Gasteiger charge is -2.01. The number of carbonyl (C=O) groups excluding carboxylic acids is 1. The summed E-state index contributed by atoms with van der Waals surface area (Å²) in [5.74, 6) is -0.0787. The molecule has 76 valence electrons. The van der Waals surface area contributed by atoms with E-state index in [1.807, 2.05) is 0 Å². The second-order valence-electron chi connectivity index (χ2n) is 3.02. The van der Waals surface area contributed by atoms with Gasteiger partial charge in [-0.2, -0.15) is 0 Å². The van der Waals surface area contributed by atoms with Gasteiger partial charge in [0.1, 0.15) is 0 Å². The van der Waals surface area contributed by atoms with Crippen LogP contribution in [0.15, 0.2) is 36.4 Å². The van der Waals surface area contributed by atoms with Gasteiger partial charge in [-0.25, -0.2) is 0 Å². The minimum Gasteiger partial charge on any atom is -0.398 e. The summed E-state index contributed by atoms with van der Waals surface area (Å²) < 4.78 is 0.604. The summed E-state index contributed by atoms with van der Waals surface area (Å²) in [6.07, 6.45) is 0. The molecule has 2 N–H and O–H groups in total. The fourth-order valence-corrected chi connectivity index (χ4v) is 2.27. The molecule has 0 aliphatic carbocycles. The van der Waals surface area contributed by atoms with Gasteiger partial charge in [-0.15, -0.1) is 11.3 Å². The van der Waals surface area contributed by atoms with Crippen molar-refractivity contribution in [3.63, 3.8) is 0 Å². The first-order valence-corrected chi connectivity index (χ1v) is 5.52. The molecule has 0 aliphatic rings. The van der Waals surface area contributed by atoms with Crippen LogP contribution in [0.25, 0.3) is 0 Å². The molecule has 1 aromatic heterocycles. The summed E-state index contributed by atoms with van der Waals surface area (Å²) >= 11 is 7.03. The number of nitrogens with two attached hydrogens (primary N) is 1. The third-order valence-electron chi connectivity index (χ3n) is 2.00. The van der Waals surface area contributed by atoms with E-state index >= 15 is 0 Å². The van der Waals surface area contributed by atoms with Crippen LogP contribution in [-0.4, -0.2) is 5.78 Å². The molecule has 0 amide bonds. The average Bonchev–Trinajstić information content (AvgIpc) is 2.65. The lowest BCUT2D eigenvalue weighted by molar-refractivity contribution is 0.104. The third kappa shape index (κ3) is 2.03. The molecule has 4 heteroatoms. The van der Waals surface area contributed by atoms with Crippen molar-refractivity contribution in [1.82, 2.24) is 0 Å². The topological polar surface area (TPSA) is 43.1 Å². The molecule has 0 atom stereocenters. The largest absolute Gasteiger partial charge is 0.398 e. The highest BCUT2D eigenvalue weighted by Crippen LogP contribution is 2.25. The average molecular weight is 238 g/mol. The molecule has 0 unspecified atom stereocenters. The molecule has 1 aromatic carbocycles. The van der Waals surface area contributed by atoms with Crippen LogP contribution in [0.3, 0.4) is 0 Å². The Hall–Kier alpha value is -1.32. The van der Waals surface area contributed by atoms with Gasteiger partial charge in [0.2, 0.25) is 5.78 Å². The highest BCUT2D eigenvalue weighted by atomic mass is 35.5. The Bertz CT molecular complexity index is 507. The predicted molar refractivity (Wildman–Crippen MR) is 63.6 cm³/mol. The number of hydrogen-bond donors (Lipinski definition) is 1. The van der Waals surface area contributed by atoms with E-state index in [2.05, 4.69) is 0 Å². The highest BCUT2D eigenvalue weighted by molar-refractivity contribution is 7.18. The van der Waals surface area contributed by atoms with E-state index < -0.39 is 0 Å². The molecule has 0 spiro atoms. The molecule has 2 rings (SSSR count). The molecular formula is C11H8ClNOS. The van der Waals surface area contributed by atoms with Crippen molar-refractivity contribution in [3.05, 3.63) is 51.2 Å². The molecule has 0 aliphatic heterocycles. The second-order valence-corrected chi connectivity index (χ2v) is 4.74. The number of rotatable bonds is 2. The minimum absolute atomic E-state index is 0.0787. The van der Waals surface area contributed by atoms with Crippen LogP contribution in [0.5, 0.6) is 0 Å². The van der Waals surface area contributed by atoms with Crippen molar-refractivity contribution < 1.29 is 4.79 Å². The van der Waals surface area contributed by atoms with E-state index in [9.17, 15) is 4.79 Å². The SMILES string of the molecule is Nc1ccccc1C(=O)c1ccc(Cl)s1. The van der Waals surface area contributed by atoms with Crippen molar-refractivity contribution in [2.75, 3.05) is 5.73 Å². The van der Waals surface area contributed by atoms with Crippen molar-refractivity contribution in [3.8, 4) is 0 Å². The van der Waals surface area contributed by atoms with Crippen LogP contribution in [0, 0.1) is 0 Å². The molecule has 2 aromatic rings. The van der Waals surface area contributed by atoms with Crippen molar-refractivity contribution in [1.29, 1.82) is 0 Å². The Balaban J connectivity index is 2.41. The van der Waals surface area contributed by atoms with E-state index in [0.717, 1.165) is 0 Å². The summed E-state index contributed by atoms with van der Waals surface area (Å²) in [5, 5.41) is 0. The van der Waals surface area contributed by atoms with Gasteiger partial charge in [0, 0.05) is 11.3 Å². The van der Waals surface area contributed by atoms with Gasteiger partial charge in [-0.05, 0) is 24.3 Å². The van der Waals surface area contributed by atoms with E-state index in [4.69, 9.17) is 17.3 Å². The maximum Gasteiger partial charge on any atom is 0.205 e. The summed E-state index contributed by atoms with van der Waals surface area (Å²) in [7, 11) is 0. The van der Waals surface area contributed by atoms with Gasteiger partial charge in [0.15, 0.2) is 0 Å². The fraction of sp³-hybridized carbons (Fsp3) is 0. The zero-order valence-corrected chi connectivity index (χ0v) is 9.31. The molecule has 0 bridgehead atoms. The van der Waals surface area contributed by atoms with E-state index in [-0.39, 0.29) is 5.78 Å². The Labute approximate surface area is 96.3 Å². The summed E-state index contributed by atoms with van der Waals surface area (Å²) in [6.45, 7) is 0. The standard InChI is InChI=1S/C11H8ClNOS/c12-10-6-5-9(15-10)11(14)7-3-1-2-4-8(7)13/h1-6H,13H2. The number of halogens is 1. The van der Waals surface area contributed by atoms with Crippen molar-refractivity contribution in [2.24, 2.45) is 0 Å². The Morgan fingerprint density at radius 1 is 1.20 bits per heavy atom. The maximum atomic E-state index is 12.0. The number of carbonyl (C=O) groups is 1. The predicted octanol–water partition coefficient (Wildman–Crippen LogP) is 3.21. The molecule has 1 heterocycles. The second kappa shape index (κ2) is 4.04. The zero-order chi connectivity index (χ0) is 10.8. The Kier molecular flexibility index (Phi) is 2.75. The van der Waals surface area contributed by atoms with Gasteiger partial charge in [-0.1, -0.05) is 23.7 Å². The number of nitrogen functional groups attached to an aromatic ring is 1. The van der Waals surface area contributed by atoms with Crippen LogP contribution in [0.2, 0.25) is 4.34 Å². The summed E-state index contributed by atoms with van der Waals surface area (Å²) in [6, 6.07) is 10.4. The number of benzene rings is 1. The van der Waals surface area contributed by atoms with E-state index in [0.29, 0.717) is 20.5 Å². The van der Waals surface area contributed by atoms with E-state index in [1.165, 1.54) is 11.3 Å². The number of thiophene rings is 1. The monoisotopic (exact) mass is 237 g/mol. The van der Waals surface area contributed by atoms with Crippen LogP contribution in [0.4, 0.5) is 5.69 Å². The van der Waals surface area contributed by atoms with Crippen LogP contribution >= 0.6 is 22.9 Å². The Morgan fingerprint density at radius 3 is 2.53 bits per heavy atom. The maximum absolute atomic E-state index is 12.0. The zero-order valence-electron chi connectivity index (χ0n) is 7.74. The van der Waals surface area contributed by atoms with Crippen molar-refractivity contribution in [2.45, 2.75) is 0 Å². The number of ketones is 1. The van der Waals surface area contributed by atoms with Gasteiger partial charge < -0.3 is 5.73 Å². The first kappa shape index (κ1) is 10.2. The van der Waals surface area contributed by atoms with Crippen LogP contribution in [-0.2, 0) is 0 Å². The molecular weight excluding hydrogens is 230 g/mol. The Morgan fingerprint density at radius 2 is 1.93 bits per heavy atom. The summed E-state index contributed by atoms with van der Waals surface area (Å²) in [5.41, 5.74) is 6.73. The molecule has 0 fully saturated rings. The first-order valence-electron chi connectivity index (χ1n) is 4.33. The van der Waals surface area contributed by atoms with Gasteiger partial charge in [-0.3, -0.25) is 4.79 Å². The molecule has 2 nitrogen and oxygen atoms in total. The number of hydrogen-bond acceptors (Lipinski definition) is 3. The minimum atomic E-state index is -0.0787. The lowest BCUT2D eigenvalue weighted by atomic mass is 10.1. The molecule has 0 saturated carbocycles. The first-order chi connectivity index (χ1) is 7.18. The summed E-state index contributed by atoms with van der Waals surface area (Å²) in [4.78, 5) is 12.6. The third-order valence-corrected chi connectivity index (χ3v) is 3.23. The number of para-hydroxylation sites is 1. The quantitative estimate of drug-likeness (QED) is 0.644. The number of anilines is 1. The molecule has 15 heavy (non-hydrogen) atoms. The normalized spacial score (nSPS) is 10.2. The molecule has 0 radical (unpaired) electrons. The molecule has 0 saturated heterocycles. The van der Waals surface area contributed by atoms with Crippen molar-refractivity contribution >= 4 is 34.4 Å². The van der Waals surface area contributed by atoms with Crippen LogP contribution < -0.4 is 5.73 Å². The van der Waals surface area contributed by atoms with Gasteiger partial charge in [0.25, 0.3) is 0 Å². The fourth-order valence-electron chi connectivity index (χ4n) is 1.27. The lowest BCUT2D eigenvalue weighted by Crippen LogP contribution is -2.02. The van der Waals surface area contributed by atoms with Gasteiger partial charge in [0.05, 0.1) is 9.21 Å². The smallest absolute Gasteiger partial charge is 0.205 e. The highest BCUT2D eigenvalue weighted by Gasteiger charge is 2.13. The van der Waals surface area contributed by atoms with E-state index in [1.54, 1.807) is 36.4 Å².